The van der Waals surface area contributed by atoms with Crippen LogP contribution in [0.15, 0.2) is 6.07 Å². The first-order valence-electron chi connectivity index (χ1n) is 2.36. The van der Waals surface area contributed by atoms with Gasteiger partial charge in [-0.15, -0.1) is 11.3 Å². The highest BCUT2D eigenvalue weighted by Crippen LogP contribution is 2.29. The van der Waals surface area contributed by atoms with Crippen molar-refractivity contribution < 1.29 is 0 Å². The molecule has 0 amide bonds. The maximum atomic E-state index is 5.66. The van der Waals surface area contributed by atoms with Crippen LogP contribution in [0.2, 0.25) is 4.34 Å². The summed E-state index contributed by atoms with van der Waals surface area (Å²) in [5, 5.41) is 0. The Kier molecular flexibility index (Phi) is 2.22. The lowest BCUT2D eigenvalue weighted by Crippen LogP contribution is -1.75. The summed E-state index contributed by atoms with van der Waals surface area (Å²) < 4.78 is 0.760. The highest BCUT2D eigenvalue weighted by molar-refractivity contribution is 7.16. The number of hydrogen-bond donors (Lipinski definition) is 1. The van der Waals surface area contributed by atoms with Crippen LogP contribution in [0.1, 0.15) is 4.88 Å². The Labute approximate surface area is 67.7 Å². The Morgan fingerprint density at radius 2 is 2.33 bits per heavy atom. The lowest BCUT2D eigenvalue weighted by atomic mass is 10.4. The van der Waals surface area contributed by atoms with E-state index < -0.39 is 0 Å². The third-order valence-electron chi connectivity index (χ3n) is 0.990. The van der Waals surface area contributed by atoms with Crippen molar-refractivity contribution in [3.63, 3.8) is 0 Å². The van der Waals surface area contributed by atoms with Crippen molar-refractivity contribution in [1.29, 1.82) is 0 Å². The molecule has 0 aliphatic heterocycles. The maximum absolute atomic E-state index is 5.66. The molecule has 0 bridgehead atoms. The zero-order valence-corrected chi connectivity index (χ0v) is 7.07. The SMILES string of the molecule is Cc1sc(Cl)cc1NCl. The Hall–Kier alpha value is 0.0800. The highest BCUT2D eigenvalue weighted by atomic mass is 35.5. The predicted molar refractivity (Wildman–Crippen MR) is 43.5 cm³/mol. The van der Waals surface area contributed by atoms with Gasteiger partial charge in [0.2, 0.25) is 0 Å². The number of nitrogens with one attached hydrogen (secondary N) is 1. The fourth-order valence-corrected chi connectivity index (χ4v) is 1.94. The van der Waals surface area contributed by atoms with Crippen molar-refractivity contribution in [2.24, 2.45) is 0 Å². The lowest BCUT2D eigenvalue weighted by Gasteiger charge is -1.89. The van der Waals surface area contributed by atoms with Crippen molar-refractivity contribution in [3.05, 3.63) is 15.3 Å². The quantitative estimate of drug-likeness (QED) is 0.657. The molecule has 0 radical (unpaired) electrons. The fourth-order valence-electron chi connectivity index (χ4n) is 0.540. The average Bonchev–Trinajstić information content (AvgIpc) is 2.10. The van der Waals surface area contributed by atoms with Crippen LogP contribution in [-0.2, 0) is 0 Å². The molecule has 4 heteroatoms. The summed E-state index contributed by atoms with van der Waals surface area (Å²) in [5.74, 6) is 0. The summed E-state index contributed by atoms with van der Waals surface area (Å²) in [4.78, 5) is 3.62. The van der Waals surface area contributed by atoms with Crippen molar-refractivity contribution in [2.75, 3.05) is 4.84 Å². The molecule has 1 aromatic rings. The Bertz CT molecular complexity index is 209. The Morgan fingerprint density at radius 3 is 2.56 bits per heavy atom. The van der Waals surface area contributed by atoms with Gasteiger partial charge in [-0.05, 0) is 13.0 Å². The predicted octanol–water partition coefficient (Wildman–Crippen LogP) is 3.28. The summed E-state index contributed by atoms with van der Waals surface area (Å²) in [6, 6.07) is 1.80. The number of rotatable bonds is 1. The molecule has 9 heavy (non-hydrogen) atoms. The number of anilines is 1. The van der Waals surface area contributed by atoms with Crippen LogP contribution in [0, 0.1) is 6.92 Å². The molecule has 1 rings (SSSR count). The van der Waals surface area contributed by atoms with Crippen LogP contribution in [0.5, 0.6) is 0 Å². The van der Waals surface area contributed by atoms with E-state index in [9.17, 15) is 0 Å². The van der Waals surface area contributed by atoms with Gasteiger partial charge in [-0.1, -0.05) is 11.6 Å². The molecule has 0 saturated carbocycles. The largest absolute Gasteiger partial charge is 0.297 e. The Morgan fingerprint density at radius 1 is 1.67 bits per heavy atom. The van der Waals surface area contributed by atoms with Crippen LogP contribution in [0.25, 0.3) is 0 Å². The average molecular weight is 182 g/mol. The van der Waals surface area contributed by atoms with E-state index >= 15 is 0 Å². The zero-order chi connectivity index (χ0) is 6.85. The summed E-state index contributed by atoms with van der Waals surface area (Å²) in [7, 11) is 0. The number of aryl methyl sites for hydroxylation is 1. The molecule has 0 aliphatic carbocycles. The summed E-state index contributed by atoms with van der Waals surface area (Å²) >= 11 is 12.5. The summed E-state index contributed by atoms with van der Waals surface area (Å²) in [6.45, 7) is 1.96. The van der Waals surface area contributed by atoms with Crippen molar-refractivity contribution in [3.8, 4) is 0 Å². The molecular weight excluding hydrogens is 177 g/mol. The fraction of sp³-hybridized carbons (Fsp3) is 0.200. The second kappa shape index (κ2) is 2.78. The van der Waals surface area contributed by atoms with Gasteiger partial charge in [0.1, 0.15) is 0 Å². The first kappa shape index (κ1) is 7.19. The molecule has 1 N–H and O–H groups in total. The van der Waals surface area contributed by atoms with Gasteiger partial charge >= 0.3 is 0 Å². The molecule has 1 nitrogen and oxygen atoms in total. The standard InChI is InChI=1S/C5H5Cl2NS/c1-3-4(8-7)2-5(6)9-3/h2,8H,1H3. The summed E-state index contributed by atoms with van der Waals surface area (Å²) in [5.41, 5.74) is 0.895. The third-order valence-corrected chi connectivity index (χ3v) is 2.37. The minimum absolute atomic E-state index is 0.760. The van der Waals surface area contributed by atoms with E-state index in [0.29, 0.717) is 0 Å². The van der Waals surface area contributed by atoms with E-state index in [2.05, 4.69) is 4.84 Å². The van der Waals surface area contributed by atoms with E-state index in [1.54, 1.807) is 6.07 Å². The van der Waals surface area contributed by atoms with Gasteiger partial charge in [-0.3, -0.25) is 4.84 Å². The number of halogens is 2. The molecular formula is C5H5Cl2NS. The molecule has 1 aromatic heterocycles. The van der Waals surface area contributed by atoms with Crippen LogP contribution in [-0.4, -0.2) is 0 Å². The minimum atomic E-state index is 0.760. The summed E-state index contributed by atoms with van der Waals surface area (Å²) in [6.07, 6.45) is 0. The number of thiophene rings is 1. The van der Waals surface area contributed by atoms with Crippen molar-refractivity contribution in [2.45, 2.75) is 6.92 Å². The molecule has 0 fully saturated rings. The third kappa shape index (κ3) is 1.51. The zero-order valence-electron chi connectivity index (χ0n) is 4.74. The van der Waals surface area contributed by atoms with Crippen molar-refractivity contribution >= 4 is 40.4 Å². The van der Waals surface area contributed by atoms with Crippen LogP contribution >= 0.6 is 34.7 Å². The van der Waals surface area contributed by atoms with Gasteiger partial charge in [-0.25, -0.2) is 0 Å². The molecule has 0 aliphatic rings. The number of hydrogen-bond acceptors (Lipinski definition) is 2. The maximum Gasteiger partial charge on any atom is 0.0952 e. The van der Waals surface area contributed by atoms with Gasteiger partial charge in [0.05, 0.1) is 10.0 Å². The minimum Gasteiger partial charge on any atom is -0.297 e. The van der Waals surface area contributed by atoms with Gasteiger partial charge < -0.3 is 0 Å². The first-order chi connectivity index (χ1) is 4.24. The Balaban J connectivity index is 3.01. The van der Waals surface area contributed by atoms with E-state index in [1.807, 2.05) is 6.92 Å². The van der Waals surface area contributed by atoms with Crippen LogP contribution in [0.3, 0.4) is 0 Å². The molecule has 0 unspecified atom stereocenters. The molecule has 0 saturated heterocycles. The monoisotopic (exact) mass is 181 g/mol. The van der Waals surface area contributed by atoms with Gasteiger partial charge in [0, 0.05) is 16.7 Å². The molecule has 0 spiro atoms. The van der Waals surface area contributed by atoms with Gasteiger partial charge in [-0.2, -0.15) is 0 Å². The van der Waals surface area contributed by atoms with Crippen molar-refractivity contribution in [1.82, 2.24) is 0 Å². The lowest BCUT2D eigenvalue weighted by molar-refractivity contribution is 1.62. The molecule has 50 valence electrons. The molecule has 1 heterocycles. The smallest absolute Gasteiger partial charge is 0.0952 e. The van der Waals surface area contributed by atoms with Gasteiger partial charge in [0.15, 0.2) is 0 Å². The first-order valence-corrected chi connectivity index (χ1v) is 3.94. The molecule has 0 atom stereocenters. The van der Waals surface area contributed by atoms with E-state index in [4.69, 9.17) is 23.4 Å². The van der Waals surface area contributed by atoms with Gasteiger partial charge in [0.25, 0.3) is 0 Å². The second-order valence-electron chi connectivity index (χ2n) is 1.61. The normalized spacial score (nSPS) is 9.67. The van der Waals surface area contributed by atoms with Crippen LogP contribution in [0.4, 0.5) is 5.69 Å². The van der Waals surface area contributed by atoms with E-state index in [0.717, 1.165) is 14.9 Å². The topological polar surface area (TPSA) is 12.0 Å². The van der Waals surface area contributed by atoms with E-state index in [1.165, 1.54) is 11.3 Å². The van der Waals surface area contributed by atoms with E-state index in [-0.39, 0.29) is 0 Å². The van der Waals surface area contributed by atoms with Crippen LogP contribution < -0.4 is 4.84 Å². The highest BCUT2D eigenvalue weighted by Gasteiger charge is 2.00. The molecule has 0 aromatic carbocycles. The second-order valence-corrected chi connectivity index (χ2v) is 3.69.